The molecule has 0 spiro atoms. The highest BCUT2D eigenvalue weighted by Gasteiger charge is 2.13. The van der Waals surface area contributed by atoms with Crippen LogP contribution in [-0.4, -0.2) is 18.1 Å². The quantitative estimate of drug-likeness (QED) is 0.830. The van der Waals surface area contributed by atoms with Crippen molar-refractivity contribution in [3.8, 4) is 0 Å². The molecule has 1 N–H and O–H groups in total. The van der Waals surface area contributed by atoms with Crippen molar-refractivity contribution in [3.05, 3.63) is 47.7 Å². The van der Waals surface area contributed by atoms with Crippen LogP contribution in [0.3, 0.4) is 0 Å². The fourth-order valence-corrected chi connectivity index (χ4v) is 2.34. The number of halogens is 1. The van der Waals surface area contributed by atoms with Crippen molar-refractivity contribution in [1.82, 2.24) is 10.3 Å². The Hall–Kier alpha value is -1.74. The zero-order valence-corrected chi connectivity index (χ0v) is 10.1. The molecule has 0 bridgehead atoms. The first-order valence-corrected chi connectivity index (χ1v) is 6.28. The maximum absolute atomic E-state index is 14.4. The summed E-state index contributed by atoms with van der Waals surface area (Å²) < 4.78 is 14.4. The van der Waals surface area contributed by atoms with Crippen LogP contribution in [0.1, 0.15) is 18.4 Å². The second-order valence-electron chi connectivity index (χ2n) is 4.58. The van der Waals surface area contributed by atoms with Crippen LogP contribution in [0.15, 0.2) is 42.1 Å². The molecule has 0 unspecified atom stereocenters. The van der Waals surface area contributed by atoms with Crippen molar-refractivity contribution in [1.29, 1.82) is 0 Å². The molecule has 2 aromatic rings. The molecule has 3 heteroatoms. The third-order valence-corrected chi connectivity index (χ3v) is 3.36. The van der Waals surface area contributed by atoms with E-state index in [-0.39, 0.29) is 5.83 Å². The number of fused-ring (bicyclic) bond motifs is 1. The molecule has 3 rings (SSSR count). The van der Waals surface area contributed by atoms with Crippen molar-refractivity contribution >= 4 is 16.7 Å². The molecule has 1 aromatic carbocycles. The van der Waals surface area contributed by atoms with Gasteiger partial charge in [0.25, 0.3) is 0 Å². The Labute approximate surface area is 106 Å². The molecule has 0 amide bonds. The van der Waals surface area contributed by atoms with E-state index in [1.165, 1.54) is 0 Å². The number of para-hydroxylation sites is 1. The van der Waals surface area contributed by atoms with Crippen LogP contribution in [0.5, 0.6) is 0 Å². The molecule has 0 aliphatic carbocycles. The summed E-state index contributed by atoms with van der Waals surface area (Å²) in [6.07, 6.45) is 3.21. The van der Waals surface area contributed by atoms with Crippen molar-refractivity contribution in [2.45, 2.75) is 12.8 Å². The van der Waals surface area contributed by atoms with Gasteiger partial charge in [0.2, 0.25) is 0 Å². The van der Waals surface area contributed by atoms with Crippen molar-refractivity contribution in [2.24, 2.45) is 0 Å². The number of aromatic nitrogens is 1. The first-order valence-electron chi connectivity index (χ1n) is 6.28. The van der Waals surface area contributed by atoms with E-state index in [9.17, 15) is 4.39 Å². The summed E-state index contributed by atoms with van der Waals surface area (Å²) in [5.74, 6) is -0.0882. The summed E-state index contributed by atoms with van der Waals surface area (Å²) in [7, 11) is 0. The Balaban J connectivity index is 2.03. The van der Waals surface area contributed by atoms with Crippen LogP contribution in [-0.2, 0) is 0 Å². The first kappa shape index (κ1) is 11.4. The highest BCUT2D eigenvalue weighted by Crippen LogP contribution is 2.27. The van der Waals surface area contributed by atoms with Gasteiger partial charge >= 0.3 is 0 Å². The summed E-state index contributed by atoms with van der Waals surface area (Å²) in [5, 5.41) is 4.22. The molecule has 1 saturated heterocycles. The summed E-state index contributed by atoms with van der Waals surface area (Å²) in [6.45, 7) is 1.73. The van der Waals surface area contributed by atoms with Gasteiger partial charge in [-0.15, -0.1) is 0 Å². The van der Waals surface area contributed by atoms with E-state index < -0.39 is 0 Å². The standard InChI is InChI=1S/C15H15FN2/c16-15(11-5-7-17-8-6-11)13-9-12-3-1-2-4-14(12)18-10-13/h1-4,9-10,17H,5-8H2. The van der Waals surface area contributed by atoms with Gasteiger partial charge in [0.15, 0.2) is 0 Å². The van der Waals surface area contributed by atoms with E-state index in [0.717, 1.165) is 42.4 Å². The molecule has 1 aliphatic heterocycles. The Kier molecular flexibility index (Phi) is 3.07. The number of nitrogens with one attached hydrogen (secondary N) is 1. The highest BCUT2D eigenvalue weighted by atomic mass is 19.1. The minimum atomic E-state index is -0.0882. The van der Waals surface area contributed by atoms with Gasteiger partial charge in [0, 0.05) is 17.1 Å². The summed E-state index contributed by atoms with van der Waals surface area (Å²) >= 11 is 0. The van der Waals surface area contributed by atoms with Crippen LogP contribution in [0.4, 0.5) is 4.39 Å². The van der Waals surface area contributed by atoms with E-state index in [2.05, 4.69) is 10.3 Å². The van der Waals surface area contributed by atoms with Gasteiger partial charge < -0.3 is 5.32 Å². The van der Waals surface area contributed by atoms with Crippen molar-refractivity contribution in [3.63, 3.8) is 0 Å². The minimum Gasteiger partial charge on any atom is -0.316 e. The van der Waals surface area contributed by atoms with Crippen molar-refractivity contribution < 1.29 is 4.39 Å². The zero-order valence-electron chi connectivity index (χ0n) is 10.1. The van der Waals surface area contributed by atoms with Gasteiger partial charge in [-0.1, -0.05) is 18.2 Å². The lowest BCUT2D eigenvalue weighted by Crippen LogP contribution is -2.23. The maximum Gasteiger partial charge on any atom is 0.131 e. The molecule has 0 radical (unpaired) electrons. The molecule has 0 atom stereocenters. The number of piperidine rings is 1. The molecule has 1 aromatic heterocycles. The summed E-state index contributed by atoms with van der Waals surface area (Å²) in [6, 6.07) is 9.67. The fraction of sp³-hybridized carbons (Fsp3) is 0.267. The number of pyridine rings is 1. The van der Waals surface area contributed by atoms with Crippen LogP contribution < -0.4 is 5.32 Å². The van der Waals surface area contributed by atoms with Gasteiger partial charge in [-0.05, 0) is 43.6 Å². The van der Waals surface area contributed by atoms with Crippen LogP contribution in [0.25, 0.3) is 16.7 Å². The van der Waals surface area contributed by atoms with E-state index >= 15 is 0 Å². The van der Waals surface area contributed by atoms with E-state index in [1.54, 1.807) is 6.20 Å². The monoisotopic (exact) mass is 242 g/mol. The number of benzene rings is 1. The second-order valence-corrected chi connectivity index (χ2v) is 4.58. The molecule has 1 fully saturated rings. The fourth-order valence-electron chi connectivity index (χ4n) is 2.34. The lowest BCUT2D eigenvalue weighted by molar-refractivity contribution is 0.596. The van der Waals surface area contributed by atoms with Crippen LogP contribution >= 0.6 is 0 Å². The third-order valence-electron chi connectivity index (χ3n) is 3.36. The lowest BCUT2D eigenvalue weighted by atomic mass is 10.0. The Morgan fingerprint density at radius 2 is 1.94 bits per heavy atom. The molecule has 18 heavy (non-hydrogen) atoms. The van der Waals surface area contributed by atoms with E-state index in [1.807, 2.05) is 30.3 Å². The average Bonchev–Trinajstić information content (AvgIpc) is 2.47. The molecule has 2 heterocycles. The maximum atomic E-state index is 14.4. The van der Waals surface area contributed by atoms with Gasteiger partial charge in [-0.25, -0.2) is 4.39 Å². The molecule has 0 saturated carbocycles. The third kappa shape index (κ3) is 2.14. The predicted octanol–water partition coefficient (Wildman–Crippen LogP) is 3.30. The zero-order chi connectivity index (χ0) is 12.4. The van der Waals surface area contributed by atoms with Gasteiger partial charge in [-0.2, -0.15) is 0 Å². The van der Waals surface area contributed by atoms with E-state index in [4.69, 9.17) is 0 Å². The molecular weight excluding hydrogens is 227 g/mol. The smallest absolute Gasteiger partial charge is 0.131 e. The Bertz CT molecular complexity index is 596. The Morgan fingerprint density at radius 3 is 2.78 bits per heavy atom. The van der Waals surface area contributed by atoms with Gasteiger partial charge in [-0.3, -0.25) is 4.98 Å². The first-order chi connectivity index (χ1) is 8.84. The van der Waals surface area contributed by atoms with Gasteiger partial charge in [0.1, 0.15) is 5.83 Å². The predicted molar refractivity (Wildman–Crippen MR) is 71.9 cm³/mol. The summed E-state index contributed by atoms with van der Waals surface area (Å²) in [4.78, 5) is 4.31. The number of hydrogen-bond acceptors (Lipinski definition) is 2. The van der Waals surface area contributed by atoms with Crippen LogP contribution in [0.2, 0.25) is 0 Å². The SMILES string of the molecule is FC(=C1CCNCC1)c1cnc2ccccc2c1. The van der Waals surface area contributed by atoms with Crippen LogP contribution in [0, 0.1) is 0 Å². The summed E-state index contributed by atoms with van der Waals surface area (Å²) in [5.41, 5.74) is 2.42. The Morgan fingerprint density at radius 1 is 1.17 bits per heavy atom. The highest BCUT2D eigenvalue weighted by molar-refractivity contribution is 5.81. The van der Waals surface area contributed by atoms with Crippen molar-refractivity contribution in [2.75, 3.05) is 13.1 Å². The van der Waals surface area contributed by atoms with E-state index in [0.29, 0.717) is 5.56 Å². The topological polar surface area (TPSA) is 24.9 Å². The van der Waals surface area contributed by atoms with Gasteiger partial charge in [0.05, 0.1) is 5.52 Å². The number of rotatable bonds is 1. The average molecular weight is 242 g/mol. The second kappa shape index (κ2) is 4.86. The minimum absolute atomic E-state index is 0.0882. The lowest BCUT2D eigenvalue weighted by Gasteiger charge is -2.16. The number of hydrogen-bond donors (Lipinski definition) is 1. The molecule has 92 valence electrons. The molecule has 1 aliphatic rings. The number of nitrogens with zero attached hydrogens (tertiary/aromatic N) is 1. The largest absolute Gasteiger partial charge is 0.316 e. The normalized spacial score (nSPS) is 15.9. The molecule has 2 nitrogen and oxygen atoms in total. The molecular formula is C15H15FN2.